The fraction of sp³-hybridized carbons (Fsp3) is 0.0667. The van der Waals surface area contributed by atoms with Gasteiger partial charge in [0.2, 0.25) is 5.95 Å². The molecule has 1 aromatic carbocycles. The summed E-state index contributed by atoms with van der Waals surface area (Å²) in [5.41, 5.74) is 2.27. The summed E-state index contributed by atoms with van der Waals surface area (Å²) in [6.07, 6.45) is 0. The summed E-state index contributed by atoms with van der Waals surface area (Å²) >= 11 is 0. The normalized spacial score (nSPS) is 17.8. The van der Waals surface area contributed by atoms with E-state index >= 15 is 0 Å². The lowest BCUT2D eigenvalue weighted by molar-refractivity contribution is -0.402. The van der Waals surface area contributed by atoms with Crippen LogP contribution in [0.15, 0.2) is 46.4 Å². The first-order chi connectivity index (χ1) is 12.1. The molecule has 2 aromatic heterocycles. The van der Waals surface area contributed by atoms with Gasteiger partial charge in [-0.05, 0) is 16.5 Å². The van der Waals surface area contributed by atoms with E-state index in [1.165, 1.54) is 16.8 Å². The summed E-state index contributed by atoms with van der Waals surface area (Å²) in [5.74, 6) is -0.0562. The highest BCUT2D eigenvalue weighted by atomic mass is 16.6. The molecule has 1 aliphatic heterocycles. The quantitative estimate of drug-likeness (QED) is 0.554. The number of nitro groups is 1. The highest BCUT2D eigenvalue weighted by Crippen LogP contribution is 2.45. The van der Waals surface area contributed by atoms with Crippen LogP contribution in [0.5, 0.6) is 0 Å². The van der Waals surface area contributed by atoms with Gasteiger partial charge in [-0.2, -0.15) is 4.68 Å². The second-order valence-electron chi connectivity index (χ2n) is 5.57. The van der Waals surface area contributed by atoms with Crippen molar-refractivity contribution in [2.24, 2.45) is 0 Å². The smallest absolute Gasteiger partial charge is 0.403 e. The molecule has 1 aliphatic carbocycles. The van der Waals surface area contributed by atoms with Gasteiger partial charge >= 0.3 is 5.88 Å². The number of Topliss-reactive ketones (excluding diaryl/α,β-unsaturated/α-hetero) is 1. The Morgan fingerprint density at radius 3 is 2.76 bits per heavy atom. The lowest BCUT2D eigenvalue weighted by Gasteiger charge is -2.23. The SMILES string of the molecule is O=C1C2=C(Nc3nnnn3C2c2ccc([N+](=O)[O-])o2)c2ccccc21. The van der Waals surface area contributed by atoms with Gasteiger partial charge in [0.25, 0.3) is 0 Å². The van der Waals surface area contributed by atoms with Crippen LogP contribution in [-0.2, 0) is 0 Å². The van der Waals surface area contributed by atoms with Gasteiger partial charge in [-0.25, -0.2) is 0 Å². The van der Waals surface area contributed by atoms with Crippen LogP contribution in [0.1, 0.15) is 27.7 Å². The number of ketones is 1. The van der Waals surface area contributed by atoms with Crippen LogP contribution in [0.25, 0.3) is 5.70 Å². The van der Waals surface area contributed by atoms with E-state index in [0.29, 0.717) is 22.8 Å². The van der Waals surface area contributed by atoms with Crippen molar-refractivity contribution >= 4 is 23.3 Å². The summed E-state index contributed by atoms with van der Waals surface area (Å²) in [6.45, 7) is 0. The molecule has 122 valence electrons. The number of benzene rings is 1. The topological polar surface area (TPSA) is 129 Å². The van der Waals surface area contributed by atoms with Gasteiger partial charge < -0.3 is 9.73 Å². The molecular weight excluding hydrogens is 328 g/mol. The second-order valence-corrected chi connectivity index (χ2v) is 5.57. The van der Waals surface area contributed by atoms with Gasteiger partial charge in [0.15, 0.2) is 5.78 Å². The summed E-state index contributed by atoms with van der Waals surface area (Å²) in [4.78, 5) is 23.2. The third-order valence-electron chi connectivity index (χ3n) is 4.26. The van der Waals surface area contributed by atoms with Crippen molar-refractivity contribution in [1.29, 1.82) is 0 Å². The summed E-state index contributed by atoms with van der Waals surface area (Å²) in [6, 6.07) is 9.08. The van der Waals surface area contributed by atoms with Gasteiger partial charge in [-0.1, -0.05) is 29.4 Å². The third-order valence-corrected chi connectivity index (χ3v) is 4.26. The van der Waals surface area contributed by atoms with Crippen molar-refractivity contribution in [3.05, 3.63) is 69.0 Å². The number of hydrogen-bond acceptors (Lipinski definition) is 8. The average molecular weight is 336 g/mol. The molecule has 0 radical (unpaired) electrons. The van der Waals surface area contributed by atoms with E-state index < -0.39 is 16.8 Å². The van der Waals surface area contributed by atoms with Crippen LogP contribution < -0.4 is 5.32 Å². The highest BCUT2D eigenvalue weighted by molar-refractivity contribution is 6.22. The molecule has 25 heavy (non-hydrogen) atoms. The van der Waals surface area contributed by atoms with Crippen molar-refractivity contribution < 1.29 is 14.1 Å². The number of tetrazole rings is 1. The predicted octanol–water partition coefficient (Wildman–Crippen LogP) is 1.80. The Balaban J connectivity index is 1.74. The van der Waals surface area contributed by atoms with Crippen molar-refractivity contribution in [1.82, 2.24) is 20.2 Å². The highest BCUT2D eigenvalue weighted by Gasteiger charge is 2.43. The molecule has 1 atom stereocenters. The number of nitrogens with zero attached hydrogens (tertiary/aromatic N) is 5. The standard InChI is InChI=1S/C15H8N6O4/c22-14-8-4-2-1-3-7(8)12-11(14)13(20-15(16-12)17-18-19-20)9-5-6-10(25-9)21(23)24/h1-6,13H,(H,16,17,19). The second kappa shape index (κ2) is 4.60. The molecule has 1 N–H and O–H groups in total. The Morgan fingerprint density at radius 2 is 2.00 bits per heavy atom. The van der Waals surface area contributed by atoms with Gasteiger partial charge in [-0.15, -0.1) is 0 Å². The molecular formula is C15H8N6O4. The number of hydrogen-bond donors (Lipinski definition) is 1. The zero-order valence-electron chi connectivity index (χ0n) is 12.4. The molecule has 3 aromatic rings. The van der Waals surface area contributed by atoms with E-state index in [2.05, 4.69) is 20.8 Å². The Morgan fingerprint density at radius 1 is 1.20 bits per heavy atom. The van der Waals surface area contributed by atoms with Crippen LogP contribution in [0.2, 0.25) is 0 Å². The van der Waals surface area contributed by atoms with Crippen molar-refractivity contribution in [2.45, 2.75) is 6.04 Å². The van der Waals surface area contributed by atoms with E-state index in [9.17, 15) is 14.9 Å². The van der Waals surface area contributed by atoms with Gasteiger partial charge in [0.1, 0.15) is 16.7 Å². The molecule has 5 rings (SSSR count). The van der Waals surface area contributed by atoms with Gasteiger partial charge in [-0.3, -0.25) is 14.9 Å². The largest absolute Gasteiger partial charge is 0.433 e. The maximum atomic E-state index is 12.9. The first-order valence-electron chi connectivity index (χ1n) is 7.32. The number of nitrogens with one attached hydrogen (secondary N) is 1. The average Bonchev–Trinajstić information content (AvgIpc) is 3.33. The number of fused-ring (bicyclic) bond motifs is 3. The van der Waals surface area contributed by atoms with Gasteiger partial charge in [0, 0.05) is 11.1 Å². The number of furan rings is 1. The number of carbonyl (C=O) groups is 1. The monoisotopic (exact) mass is 336 g/mol. The number of rotatable bonds is 2. The maximum Gasteiger partial charge on any atom is 0.433 e. The minimum Gasteiger partial charge on any atom is -0.403 e. The fourth-order valence-corrected chi connectivity index (χ4v) is 3.23. The fourth-order valence-electron chi connectivity index (χ4n) is 3.23. The van der Waals surface area contributed by atoms with E-state index in [1.807, 2.05) is 12.1 Å². The Labute approximate surface area is 138 Å². The zero-order chi connectivity index (χ0) is 17.1. The summed E-state index contributed by atoms with van der Waals surface area (Å²) in [7, 11) is 0. The number of anilines is 1. The van der Waals surface area contributed by atoms with Gasteiger partial charge in [0.05, 0.1) is 17.3 Å². The molecule has 0 saturated carbocycles. The predicted molar refractivity (Wildman–Crippen MR) is 82.6 cm³/mol. The molecule has 0 spiro atoms. The molecule has 0 saturated heterocycles. The summed E-state index contributed by atoms with van der Waals surface area (Å²) < 4.78 is 6.72. The molecule has 10 heteroatoms. The van der Waals surface area contributed by atoms with Crippen LogP contribution in [-0.4, -0.2) is 30.9 Å². The Hall–Kier alpha value is -3.82. The zero-order valence-corrected chi connectivity index (χ0v) is 12.4. The maximum absolute atomic E-state index is 12.9. The Bertz CT molecular complexity index is 1090. The van der Waals surface area contributed by atoms with E-state index in [4.69, 9.17) is 4.42 Å². The first kappa shape index (κ1) is 13.6. The molecule has 0 amide bonds. The molecule has 0 bridgehead atoms. The number of aromatic nitrogens is 4. The van der Waals surface area contributed by atoms with Crippen LogP contribution >= 0.6 is 0 Å². The molecule has 0 fully saturated rings. The lowest BCUT2D eigenvalue weighted by Crippen LogP contribution is -2.25. The molecule has 2 aliphatic rings. The molecule has 10 nitrogen and oxygen atoms in total. The van der Waals surface area contributed by atoms with Crippen molar-refractivity contribution in [2.75, 3.05) is 5.32 Å². The molecule has 3 heterocycles. The lowest BCUT2D eigenvalue weighted by atomic mass is 9.99. The number of carbonyl (C=O) groups excluding carboxylic acids is 1. The Kier molecular flexibility index (Phi) is 2.50. The van der Waals surface area contributed by atoms with Crippen LogP contribution in [0.3, 0.4) is 0 Å². The first-order valence-corrected chi connectivity index (χ1v) is 7.32. The van der Waals surface area contributed by atoms with Crippen LogP contribution in [0.4, 0.5) is 11.8 Å². The van der Waals surface area contributed by atoms with Crippen molar-refractivity contribution in [3.8, 4) is 0 Å². The summed E-state index contributed by atoms with van der Waals surface area (Å²) in [5, 5.41) is 25.4. The van der Waals surface area contributed by atoms with Crippen LogP contribution in [0, 0.1) is 10.1 Å². The van der Waals surface area contributed by atoms with E-state index in [1.54, 1.807) is 12.1 Å². The third kappa shape index (κ3) is 1.73. The van der Waals surface area contributed by atoms with Crippen molar-refractivity contribution in [3.63, 3.8) is 0 Å². The molecule has 1 unspecified atom stereocenters. The number of allylic oxidation sites excluding steroid dienone is 1. The van der Waals surface area contributed by atoms with E-state index in [0.717, 1.165) is 5.56 Å². The minimum absolute atomic E-state index is 0.191. The van der Waals surface area contributed by atoms with E-state index in [-0.39, 0.29) is 11.5 Å². The minimum atomic E-state index is -0.783.